The zero-order valence-electron chi connectivity index (χ0n) is 10.2. The average molecular weight is 245 g/mol. The molecule has 1 unspecified atom stereocenters. The molecule has 17 heavy (non-hydrogen) atoms. The number of rotatable bonds is 5. The highest BCUT2D eigenvalue weighted by Gasteiger charge is 2.28. The number of ether oxygens (including phenoxy) is 2. The lowest BCUT2D eigenvalue weighted by Crippen LogP contribution is -2.48. The van der Waals surface area contributed by atoms with Crippen LogP contribution in [0.3, 0.4) is 0 Å². The molecule has 0 saturated carbocycles. The SMILES string of the molecule is CC(C)OCCC(=O)N1CCOC(C(=O)O)C1. The van der Waals surface area contributed by atoms with Crippen LogP contribution in [0, 0.1) is 0 Å². The third-order valence-corrected chi connectivity index (χ3v) is 2.46. The fraction of sp³-hybridized carbons (Fsp3) is 0.818. The summed E-state index contributed by atoms with van der Waals surface area (Å²) in [6.45, 7) is 5.01. The lowest BCUT2D eigenvalue weighted by molar-refractivity contribution is -0.159. The molecule has 0 aromatic heterocycles. The van der Waals surface area contributed by atoms with E-state index in [0.717, 1.165) is 0 Å². The van der Waals surface area contributed by atoms with Crippen molar-refractivity contribution in [3.8, 4) is 0 Å². The molecule has 0 aromatic carbocycles. The summed E-state index contributed by atoms with van der Waals surface area (Å²) in [6.07, 6.45) is -0.525. The monoisotopic (exact) mass is 245 g/mol. The van der Waals surface area contributed by atoms with Crippen molar-refractivity contribution < 1.29 is 24.2 Å². The van der Waals surface area contributed by atoms with Crippen LogP contribution in [0.25, 0.3) is 0 Å². The summed E-state index contributed by atoms with van der Waals surface area (Å²) in [6, 6.07) is 0. The minimum absolute atomic E-state index is 0.0831. The highest BCUT2D eigenvalue weighted by atomic mass is 16.5. The van der Waals surface area contributed by atoms with Gasteiger partial charge in [0.2, 0.25) is 5.91 Å². The number of carbonyl (C=O) groups is 2. The Balaban J connectivity index is 2.33. The Bertz CT molecular complexity index is 279. The molecule has 1 fully saturated rings. The highest BCUT2D eigenvalue weighted by Crippen LogP contribution is 2.07. The largest absolute Gasteiger partial charge is 0.479 e. The minimum Gasteiger partial charge on any atom is -0.479 e. The van der Waals surface area contributed by atoms with E-state index < -0.39 is 12.1 Å². The van der Waals surface area contributed by atoms with Gasteiger partial charge in [-0.05, 0) is 13.8 Å². The highest BCUT2D eigenvalue weighted by molar-refractivity contribution is 5.78. The molecule has 0 aliphatic carbocycles. The van der Waals surface area contributed by atoms with Crippen LogP contribution in [-0.4, -0.2) is 60.4 Å². The number of aliphatic carboxylic acids is 1. The molecule has 0 radical (unpaired) electrons. The fourth-order valence-electron chi connectivity index (χ4n) is 1.57. The zero-order valence-corrected chi connectivity index (χ0v) is 10.2. The molecule has 0 bridgehead atoms. The molecule has 6 heteroatoms. The van der Waals surface area contributed by atoms with Crippen LogP contribution in [0.4, 0.5) is 0 Å². The van der Waals surface area contributed by atoms with E-state index in [1.165, 1.54) is 4.90 Å². The van der Waals surface area contributed by atoms with E-state index in [4.69, 9.17) is 14.6 Å². The molecule has 98 valence electrons. The first-order valence-electron chi connectivity index (χ1n) is 5.74. The molecule has 6 nitrogen and oxygen atoms in total. The Morgan fingerprint density at radius 3 is 2.82 bits per heavy atom. The zero-order chi connectivity index (χ0) is 12.8. The Kier molecular flexibility index (Phi) is 5.37. The second kappa shape index (κ2) is 6.56. The molecule has 1 aliphatic heterocycles. The van der Waals surface area contributed by atoms with Crippen molar-refractivity contribution in [2.75, 3.05) is 26.3 Å². The number of carboxylic acid groups (broad SMARTS) is 1. The third-order valence-electron chi connectivity index (χ3n) is 2.46. The van der Waals surface area contributed by atoms with Crippen LogP contribution in [0.1, 0.15) is 20.3 Å². The number of carboxylic acids is 1. The first-order chi connectivity index (χ1) is 8.00. The number of hydrogen-bond donors (Lipinski definition) is 1. The standard InChI is InChI=1S/C11H19NO5/c1-8(2)16-5-3-10(13)12-4-6-17-9(7-12)11(14)15/h8-9H,3-7H2,1-2H3,(H,14,15). The van der Waals surface area contributed by atoms with Gasteiger partial charge in [-0.25, -0.2) is 4.79 Å². The third kappa shape index (κ3) is 4.70. The van der Waals surface area contributed by atoms with E-state index in [-0.39, 0.29) is 31.6 Å². The quantitative estimate of drug-likeness (QED) is 0.744. The van der Waals surface area contributed by atoms with Gasteiger partial charge in [-0.3, -0.25) is 4.79 Å². The molecule has 1 aliphatic rings. The topological polar surface area (TPSA) is 76.1 Å². The minimum atomic E-state index is -1.03. The molecular formula is C11H19NO5. The van der Waals surface area contributed by atoms with Crippen LogP contribution in [-0.2, 0) is 19.1 Å². The summed E-state index contributed by atoms with van der Waals surface area (Å²) >= 11 is 0. The number of hydrogen-bond acceptors (Lipinski definition) is 4. The van der Waals surface area contributed by atoms with E-state index in [2.05, 4.69) is 0 Å². The predicted octanol–water partition coefficient (Wildman–Crippen LogP) is 0.114. The Hall–Kier alpha value is -1.14. The number of amides is 1. The first kappa shape index (κ1) is 13.9. The molecule has 1 heterocycles. The Morgan fingerprint density at radius 2 is 2.24 bits per heavy atom. The van der Waals surface area contributed by atoms with Gasteiger partial charge >= 0.3 is 5.97 Å². The molecular weight excluding hydrogens is 226 g/mol. The second-order valence-corrected chi connectivity index (χ2v) is 4.21. The van der Waals surface area contributed by atoms with Gasteiger partial charge in [-0.15, -0.1) is 0 Å². The maximum absolute atomic E-state index is 11.7. The number of nitrogens with zero attached hydrogens (tertiary/aromatic N) is 1. The molecule has 0 aromatic rings. The van der Waals surface area contributed by atoms with Crippen molar-refractivity contribution in [2.24, 2.45) is 0 Å². The smallest absolute Gasteiger partial charge is 0.334 e. The van der Waals surface area contributed by atoms with Gasteiger partial charge in [0.1, 0.15) is 0 Å². The van der Waals surface area contributed by atoms with Crippen LogP contribution in [0.15, 0.2) is 0 Å². The average Bonchev–Trinajstić information content (AvgIpc) is 2.28. The first-order valence-corrected chi connectivity index (χ1v) is 5.74. The van der Waals surface area contributed by atoms with Crippen molar-refractivity contribution in [3.63, 3.8) is 0 Å². The second-order valence-electron chi connectivity index (χ2n) is 4.21. The summed E-state index contributed by atoms with van der Waals surface area (Å²) in [5.41, 5.74) is 0. The molecule has 1 amide bonds. The molecule has 1 saturated heterocycles. The van der Waals surface area contributed by atoms with Gasteiger partial charge in [-0.2, -0.15) is 0 Å². The summed E-state index contributed by atoms with van der Waals surface area (Å²) < 4.78 is 10.3. The maximum Gasteiger partial charge on any atom is 0.334 e. The van der Waals surface area contributed by atoms with Gasteiger partial charge in [0.15, 0.2) is 6.10 Å². The van der Waals surface area contributed by atoms with Crippen LogP contribution in [0.2, 0.25) is 0 Å². The van der Waals surface area contributed by atoms with Gasteiger partial charge in [-0.1, -0.05) is 0 Å². The lowest BCUT2D eigenvalue weighted by atomic mass is 10.2. The maximum atomic E-state index is 11.7. The van der Waals surface area contributed by atoms with Crippen molar-refractivity contribution in [3.05, 3.63) is 0 Å². The van der Waals surface area contributed by atoms with E-state index in [1.807, 2.05) is 13.8 Å². The summed E-state index contributed by atoms with van der Waals surface area (Å²) in [7, 11) is 0. The normalized spacial score (nSPS) is 20.6. The van der Waals surface area contributed by atoms with Crippen LogP contribution in [0.5, 0.6) is 0 Å². The van der Waals surface area contributed by atoms with Crippen molar-refractivity contribution in [2.45, 2.75) is 32.5 Å². The fourth-order valence-corrected chi connectivity index (χ4v) is 1.57. The van der Waals surface area contributed by atoms with E-state index in [9.17, 15) is 9.59 Å². The number of morpholine rings is 1. The Labute approximate surface area is 100 Å². The number of carbonyl (C=O) groups excluding carboxylic acids is 1. The van der Waals surface area contributed by atoms with Gasteiger partial charge in [0.25, 0.3) is 0 Å². The molecule has 1 rings (SSSR count). The van der Waals surface area contributed by atoms with Gasteiger partial charge in [0, 0.05) is 6.54 Å². The van der Waals surface area contributed by atoms with E-state index in [1.54, 1.807) is 0 Å². The molecule has 1 atom stereocenters. The predicted molar refractivity (Wildman–Crippen MR) is 59.7 cm³/mol. The van der Waals surface area contributed by atoms with Crippen molar-refractivity contribution in [1.82, 2.24) is 4.90 Å². The molecule has 0 spiro atoms. The van der Waals surface area contributed by atoms with Gasteiger partial charge in [0.05, 0.1) is 32.3 Å². The lowest BCUT2D eigenvalue weighted by Gasteiger charge is -2.31. The van der Waals surface area contributed by atoms with E-state index in [0.29, 0.717) is 13.2 Å². The molecule has 1 N–H and O–H groups in total. The summed E-state index contributed by atoms with van der Waals surface area (Å²) in [5.74, 6) is -1.11. The van der Waals surface area contributed by atoms with Crippen LogP contribution >= 0.6 is 0 Å². The Morgan fingerprint density at radius 1 is 1.53 bits per heavy atom. The summed E-state index contributed by atoms with van der Waals surface area (Å²) in [4.78, 5) is 24.0. The van der Waals surface area contributed by atoms with E-state index >= 15 is 0 Å². The van der Waals surface area contributed by atoms with Crippen molar-refractivity contribution >= 4 is 11.9 Å². The van der Waals surface area contributed by atoms with Crippen LogP contribution < -0.4 is 0 Å². The van der Waals surface area contributed by atoms with Gasteiger partial charge < -0.3 is 19.5 Å². The summed E-state index contributed by atoms with van der Waals surface area (Å²) in [5, 5.41) is 8.80. The van der Waals surface area contributed by atoms with Crippen molar-refractivity contribution in [1.29, 1.82) is 0 Å².